The van der Waals surface area contributed by atoms with E-state index in [4.69, 9.17) is 9.47 Å². The van der Waals surface area contributed by atoms with E-state index in [0.717, 1.165) is 16.9 Å². The van der Waals surface area contributed by atoms with Crippen molar-refractivity contribution in [2.24, 2.45) is 0 Å². The molecule has 0 unspecified atom stereocenters. The van der Waals surface area contributed by atoms with Gasteiger partial charge in [0.15, 0.2) is 0 Å². The molecule has 1 aliphatic heterocycles. The average molecular weight is 404 g/mol. The molecule has 3 aromatic rings. The van der Waals surface area contributed by atoms with Crippen molar-refractivity contribution in [2.45, 2.75) is 0 Å². The molecule has 0 atom stereocenters. The van der Waals surface area contributed by atoms with Crippen LogP contribution in [-0.2, 0) is 0 Å². The molecule has 1 amide bonds. The maximum Gasteiger partial charge on any atom is 0.321 e. The first-order valence-corrected chi connectivity index (χ1v) is 9.84. The fourth-order valence-electron chi connectivity index (χ4n) is 3.51. The zero-order chi connectivity index (χ0) is 20.9. The first-order valence-electron chi connectivity index (χ1n) is 9.84. The summed E-state index contributed by atoms with van der Waals surface area (Å²) in [5, 5.41) is 0. The number of hydrogen-bond donors (Lipinski definition) is 0. The Balaban J connectivity index is 1.41. The third-order valence-electron chi connectivity index (χ3n) is 5.19. The number of ether oxygens (including phenoxy) is 2. The Morgan fingerprint density at radius 1 is 0.833 bits per heavy atom. The smallest absolute Gasteiger partial charge is 0.321 e. The van der Waals surface area contributed by atoms with E-state index in [1.807, 2.05) is 47.4 Å². The summed E-state index contributed by atoms with van der Waals surface area (Å²) in [5.41, 5.74) is 2.94. The van der Waals surface area contributed by atoms with Gasteiger partial charge in [-0.05, 0) is 23.3 Å². The monoisotopic (exact) mass is 404 g/mol. The van der Waals surface area contributed by atoms with E-state index >= 15 is 0 Å². The fourth-order valence-corrected chi connectivity index (χ4v) is 3.51. The molecule has 0 radical (unpaired) electrons. The fraction of sp³-hybridized carbons (Fsp3) is 0.261. The van der Waals surface area contributed by atoms with Crippen molar-refractivity contribution in [3.05, 3.63) is 66.2 Å². The van der Waals surface area contributed by atoms with Gasteiger partial charge in [-0.15, -0.1) is 0 Å². The molecule has 1 aliphatic rings. The molecule has 0 spiro atoms. The maximum absolute atomic E-state index is 12.9. The number of carbonyl (C=O) groups is 1. The van der Waals surface area contributed by atoms with Crippen molar-refractivity contribution >= 4 is 11.7 Å². The average Bonchev–Trinajstić information content (AvgIpc) is 2.84. The molecule has 4 rings (SSSR count). The molecule has 2 heterocycles. The summed E-state index contributed by atoms with van der Waals surface area (Å²) in [6.45, 7) is 2.59. The van der Waals surface area contributed by atoms with E-state index in [9.17, 15) is 4.79 Å². The second-order valence-corrected chi connectivity index (χ2v) is 6.98. The van der Waals surface area contributed by atoms with E-state index in [2.05, 4.69) is 27.0 Å². The lowest BCUT2D eigenvalue weighted by molar-refractivity contribution is 0.0746. The van der Waals surface area contributed by atoms with Crippen LogP contribution in [0.15, 0.2) is 60.7 Å². The number of amides is 1. The van der Waals surface area contributed by atoms with Crippen LogP contribution in [0.1, 0.15) is 10.4 Å². The van der Waals surface area contributed by atoms with Gasteiger partial charge in [0.1, 0.15) is 5.82 Å². The molecular formula is C23H24N4O3. The van der Waals surface area contributed by atoms with Crippen LogP contribution in [0, 0.1) is 0 Å². The minimum absolute atomic E-state index is 0.0483. The van der Waals surface area contributed by atoms with Crippen molar-refractivity contribution in [3.63, 3.8) is 0 Å². The highest BCUT2D eigenvalue weighted by Crippen LogP contribution is 2.23. The first-order chi connectivity index (χ1) is 14.7. The molecule has 30 heavy (non-hydrogen) atoms. The van der Waals surface area contributed by atoms with Crippen LogP contribution < -0.4 is 14.4 Å². The molecule has 1 fully saturated rings. The van der Waals surface area contributed by atoms with Crippen LogP contribution in [0.5, 0.6) is 11.9 Å². The number of hydrogen-bond acceptors (Lipinski definition) is 6. The molecule has 2 aromatic carbocycles. The van der Waals surface area contributed by atoms with Crippen molar-refractivity contribution < 1.29 is 14.3 Å². The summed E-state index contributed by atoms with van der Waals surface area (Å²) < 4.78 is 10.4. The third kappa shape index (κ3) is 4.20. The highest BCUT2D eigenvalue weighted by atomic mass is 16.5. The van der Waals surface area contributed by atoms with Gasteiger partial charge in [-0.3, -0.25) is 4.79 Å². The Hall–Kier alpha value is -3.61. The third-order valence-corrected chi connectivity index (χ3v) is 5.19. The standard InChI is InChI=1S/C23H24N4O3/c1-29-21-16-20(24-23(25-21)30-2)26-12-14-27(15-13-26)22(28)19-10-8-18(9-11-19)17-6-4-3-5-7-17/h3-11,16H,12-15H2,1-2H3. The van der Waals surface area contributed by atoms with Crippen LogP contribution in [-0.4, -0.2) is 61.2 Å². The normalized spacial score (nSPS) is 13.8. The van der Waals surface area contributed by atoms with Crippen molar-refractivity contribution in [1.82, 2.24) is 14.9 Å². The Kier molecular flexibility index (Phi) is 5.79. The predicted octanol–water partition coefficient (Wildman–Crippen LogP) is 3.12. The molecule has 0 aliphatic carbocycles. The lowest BCUT2D eigenvalue weighted by Gasteiger charge is -2.35. The van der Waals surface area contributed by atoms with E-state index < -0.39 is 0 Å². The summed E-state index contributed by atoms with van der Waals surface area (Å²) >= 11 is 0. The highest BCUT2D eigenvalue weighted by molar-refractivity contribution is 5.95. The van der Waals surface area contributed by atoms with Gasteiger partial charge in [-0.1, -0.05) is 42.5 Å². The van der Waals surface area contributed by atoms with Crippen molar-refractivity contribution in [2.75, 3.05) is 45.3 Å². The Labute approximate surface area is 175 Å². The molecule has 7 heteroatoms. The maximum atomic E-state index is 12.9. The van der Waals surface area contributed by atoms with Gasteiger partial charge in [0.25, 0.3) is 5.91 Å². The zero-order valence-corrected chi connectivity index (χ0v) is 17.1. The van der Waals surface area contributed by atoms with E-state index in [0.29, 0.717) is 37.6 Å². The van der Waals surface area contributed by atoms with Gasteiger partial charge in [0.05, 0.1) is 14.2 Å². The number of methoxy groups -OCH3 is 2. The van der Waals surface area contributed by atoms with Gasteiger partial charge in [-0.25, -0.2) is 0 Å². The van der Waals surface area contributed by atoms with Crippen molar-refractivity contribution in [3.8, 4) is 23.0 Å². The summed E-state index contributed by atoms with van der Waals surface area (Å²) in [4.78, 5) is 25.4. The van der Waals surface area contributed by atoms with Gasteiger partial charge < -0.3 is 19.3 Å². The molecule has 154 valence electrons. The second kappa shape index (κ2) is 8.82. The number of aromatic nitrogens is 2. The first kappa shape index (κ1) is 19.7. The van der Waals surface area contributed by atoms with Gasteiger partial charge >= 0.3 is 6.01 Å². The quantitative estimate of drug-likeness (QED) is 0.651. The molecule has 1 aromatic heterocycles. The molecule has 0 bridgehead atoms. The summed E-state index contributed by atoms with van der Waals surface area (Å²) in [6.07, 6.45) is 0. The number of carbonyl (C=O) groups excluding carboxylic acids is 1. The van der Waals surface area contributed by atoms with E-state index in [1.54, 1.807) is 13.2 Å². The largest absolute Gasteiger partial charge is 0.481 e. The number of nitrogens with zero attached hydrogens (tertiary/aromatic N) is 4. The Morgan fingerprint density at radius 2 is 1.50 bits per heavy atom. The van der Waals surface area contributed by atoms with Gasteiger partial charge in [0.2, 0.25) is 5.88 Å². The van der Waals surface area contributed by atoms with Crippen LogP contribution in [0.3, 0.4) is 0 Å². The highest BCUT2D eigenvalue weighted by Gasteiger charge is 2.24. The minimum Gasteiger partial charge on any atom is -0.481 e. The van der Waals surface area contributed by atoms with E-state index in [1.165, 1.54) is 7.11 Å². The molecule has 0 saturated carbocycles. The summed E-state index contributed by atoms with van der Waals surface area (Å²) in [5.74, 6) is 1.24. The van der Waals surface area contributed by atoms with Crippen LogP contribution in [0.25, 0.3) is 11.1 Å². The van der Waals surface area contributed by atoms with Gasteiger partial charge in [0, 0.05) is 37.8 Å². The van der Waals surface area contributed by atoms with Crippen molar-refractivity contribution in [1.29, 1.82) is 0 Å². The lowest BCUT2D eigenvalue weighted by Crippen LogP contribution is -2.49. The number of piperazine rings is 1. The molecule has 1 saturated heterocycles. The number of anilines is 1. The second-order valence-electron chi connectivity index (χ2n) is 6.98. The molecule has 7 nitrogen and oxygen atoms in total. The zero-order valence-electron chi connectivity index (χ0n) is 17.1. The van der Waals surface area contributed by atoms with Gasteiger partial charge in [-0.2, -0.15) is 9.97 Å². The molecule has 0 N–H and O–H groups in total. The predicted molar refractivity (Wildman–Crippen MR) is 115 cm³/mol. The number of rotatable bonds is 5. The van der Waals surface area contributed by atoms with Crippen LogP contribution >= 0.6 is 0 Å². The Morgan fingerprint density at radius 3 is 2.13 bits per heavy atom. The number of benzene rings is 2. The topological polar surface area (TPSA) is 67.8 Å². The lowest BCUT2D eigenvalue weighted by atomic mass is 10.0. The minimum atomic E-state index is 0.0483. The van der Waals surface area contributed by atoms with Crippen LogP contribution in [0.2, 0.25) is 0 Å². The Bertz CT molecular complexity index is 978. The SMILES string of the molecule is COc1cc(N2CCN(C(=O)c3ccc(-c4ccccc4)cc3)CC2)nc(OC)n1. The summed E-state index contributed by atoms with van der Waals surface area (Å²) in [7, 11) is 3.09. The van der Waals surface area contributed by atoms with E-state index in [-0.39, 0.29) is 11.9 Å². The molecular weight excluding hydrogens is 380 g/mol. The summed E-state index contributed by atoms with van der Waals surface area (Å²) in [6, 6.07) is 20.0. The van der Waals surface area contributed by atoms with Crippen LogP contribution in [0.4, 0.5) is 5.82 Å².